The molecule has 0 aromatic rings. The zero-order valence-electron chi connectivity index (χ0n) is 8.61. The van der Waals surface area contributed by atoms with Crippen molar-refractivity contribution in [2.24, 2.45) is 11.1 Å². The van der Waals surface area contributed by atoms with Crippen molar-refractivity contribution in [1.29, 1.82) is 5.41 Å². The monoisotopic (exact) mass is 188 g/mol. The molecule has 0 bridgehead atoms. The van der Waals surface area contributed by atoms with Crippen LogP contribution in [0.25, 0.3) is 0 Å². The third-order valence-corrected chi connectivity index (χ3v) is 1.22. The third kappa shape index (κ3) is 11.2. The zero-order valence-corrected chi connectivity index (χ0v) is 8.61. The molecule has 0 rings (SSSR count). The summed E-state index contributed by atoms with van der Waals surface area (Å²) in [5, 5.41) is 10.0. The van der Waals surface area contributed by atoms with Crippen LogP contribution in [0.2, 0.25) is 0 Å². The van der Waals surface area contributed by atoms with Crippen molar-refractivity contribution in [3.05, 3.63) is 0 Å². The van der Waals surface area contributed by atoms with Crippen LogP contribution in [0.5, 0.6) is 0 Å². The normalized spacial score (nSPS) is 11.3. The van der Waals surface area contributed by atoms with Crippen LogP contribution in [-0.2, 0) is 4.84 Å². The quantitative estimate of drug-likeness (QED) is 0.212. The van der Waals surface area contributed by atoms with Gasteiger partial charge in [-0.3, -0.25) is 10.2 Å². The Morgan fingerprint density at radius 1 is 1.46 bits per heavy atom. The molecule has 0 aromatic heterocycles. The molecule has 0 amide bonds. The number of hydrogen-bond donors (Lipinski definition) is 4. The molecular weight excluding hydrogens is 168 g/mol. The van der Waals surface area contributed by atoms with Gasteiger partial charge in [0.05, 0.1) is 6.61 Å². The lowest BCUT2D eigenvalue weighted by atomic mass is 9.97. The van der Waals surface area contributed by atoms with Crippen molar-refractivity contribution in [3.63, 3.8) is 0 Å². The Morgan fingerprint density at radius 3 is 2.54 bits per heavy atom. The van der Waals surface area contributed by atoms with Gasteiger partial charge in [-0.25, -0.2) is 5.48 Å². The maximum atomic E-state index is 6.80. The second-order valence-electron chi connectivity index (χ2n) is 4.10. The van der Waals surface area contributed by atoms with Crippen LogP contribution in [0, 0.1) is 10.8 Å². The molecule has 0 heterocycles. The summed E-state index contributed by atoms with van der Waals surface area (Å²) in [6.45, 7) is 8.67. The van der Waals surface area contributed by atoms with Gasteiger partial charge >= 0.3 is 0 Å². The van der Waals surface area contributed by atoms with Crippen molar-refractivity contribution < 1.29 is 4.84 Å². The minimum absolute atomic E-state index is 0.171. The van der Waals surface area contributed by atoms with Crippen LogP contribution in [0.3, 0.4) is 0 Å². The van der Waals surface area contributed by atoms with E-state index in [4.69, 9.17) is 16.0 Å². The highest BCUT2D eigenvalue weighted by Crippen LogP contribution is 2.09. The predicted octanol–water partition coefficient (Wildman–Crippen LogP) is 0.0368. The third-order valence-electron chi connectivity index (χ3n) is 1.22. The second kappa shape index (κ2) is 5.77. The average Bonchev–Trinajstić information content (AvgIpc) is 1.93. The molecule has 5 N–H and O–H groups in total. The molecule has 78 valence electrons. The topological polar surface area (TPSA) is 83.2 Å². The number of nitrogens with two attached hydrogens (primary N) is 1. The van der Waals surface area contributed by atoms with Gasteiger partial charge in [-0.15, -0.1) is 0 Å². The summed E-state index contributed by atoms with van der Waals surface area (Å²) in [4.78, 5) is 4.85. The fraction of sp³-hybridized carbons (Fsp3) is 0.875. The molecule has 5 nitrogen and oxygen atoms in total. The first-order chi connectivity index (χ1) is 5.92. The summed E-state index contributed by atoms with van der Waals surface area (Å²) in [7, 11) is 0. The molecule has 5 heteroatoms. The SMILES string of the molecule is CC(C)(C)CNCCONC(=N)N. The second-order valence-corrected chi connectivity index (χ2v) is 4.10. The van der Waals surface area contributed by atoms with Crippen LogP contribution < -0.4 is 16.5 Å². The van der Waals surface area contributed by atoms with E-state index in [0.29, 0.717) is 6.61 Å². The van der Waals surface area contributed by atoms with Gasteiger partial charge in [0, 0.05) is 13.1 Å². The summed E-state index contributed by atoms with van der Waals surface area (Å²) < 4.78 is 0. The maximum Gasteiger partial charge on any atom is 0.210 e. The molecule has 0 spiro atoms. The van der Waals surface area contributed by atoms with Gasteiger partial charge in [0.25, 0.3) is 0 Å². The molecular formula is C8H20N4O. The van der Waals surface area contributed by atoms with Gasteiger partial charge in [0.1, 0.15) is 0 Å². The Morgan fingerprint density at radius 2 is 2.08 bits per heavy atom. The van der Waals surface area contributed by atoms with E-state index in [1.807, 2.05) is 0 Å². The maximum absolute atomic E-state index is 6.80. The first kappa shape index (κ1) is 12.2. The summed E-state index contributed by atoms with van der Waals surface area (Å²) in [6, 6.07) is 0. The number of hydrogen-bond acceptors (Lipinski definition) is 3. The Balaban J connectivity index is 3.13. The molecule has 0 unspecified atom stereocenters. The molecule has 0 aromatic carbocycles. The largest absolute Gasteiger partial charge is 0.368 e. The molecule has 0 saturated heterocycles. The first-order valence-electron chi connectivity index (χ1n) is 4.34. The Bertz CT molecular complexity index is 153. The van der Waals surface area contributed by atoms with Crippen molar-refractivity contribution in [2.45, 2.75) is 20.8 Å². The first-order valence-corrected chi connectivity index (χ1v) is 4.34. The smallest absolute Gasteiger partial charge is 0.210 e. The van der Waals surface area contributed by atoms with E-state index in [2.05, 4.69) is 31.6 Å². The zero-order chi connectivity index (χ0) is 10.3. The molecule has 0 atom stereocenters. The molecule has 0 radical (unpaired) electrons. The number of hydroxylamine groups is 1. The van der Waals surface area contributed by atoms with Gasteiger partial charge < -0.3 is 11.1 Å². The summed E-state index contributed by atoms with van der Waals surface area (Å²) in [5.41, 5.74) is 7.55. The predicted molar refractivity (Wildman–Crippen MR) is 53.3 cm³/mol. The van der Waals surface area contributed by atoms with Crippen LogP contribution in [0.15, 0.2) is 0 Å². The number of guanidine groups is 1. The van der Waals surface area contributed by atoms with E-state index in [0.717, 1.165) is 13.1 Å². The van der Waals surface area contributed by atoms with Gasteiger partial charge in [-0.1, -0.05) is 20.8 Å². The van der Waals surface area contributed by atoms with Crippen molar-refractivity contribution in [2.75, 3.05) is 19.7 Å². The van der Waals surface area contributed by atoms with Gasteiger partial charge in [-0.2, -0.15) is 0 Å². The summed E-state index contributed by atoms with van der Waals surface area (Å²) in [6.07, 6.45) is 0. The van der Waals surface area contributed by atoms with Crippen molar-refractivity contribution >= 4 is 5.96 Å². The molecule has 13 heavy (non-hydrogen) atoms. The van der Waals surface area contributed by atoms with Crippen LogP contribution in [0.4, 0.5) is 0 Å². The van der Waals surface area contributed by atoms with E-state index >= 15 is 0 Å². The molecule has 0 saturated carbocycles. The van der Waals surface area contributed by atoms with E-state index in [9.17, 15) is 0 Å². The van der Waals surface area contributed by atoms with Gasteiger partial charge in [0.2, 0.25) is 5.96 Å². The minimum Gasteiger partial charge on any atom is -0.368 e. The summed E-state index contributed by atoms with van der Waals surface area (Å²) in [5.74, 6) is -0.171. The summed E-state index contributed by atoms with van der Waals surface area (Å²) >= 11 is 0. The van der Waals surface area contributed by atoms with Gasteiger partial charge in [0.15, 0.2) is 0 Å². The van der Waals surface area contributed by atoms with E-state index < -0.39 is 0 Å². The standard InChI is InChI=1S/C8H20N4O/c1-8(2,3)6-11-4-5-13-12-7(9)10/h11H,4-6H2,1-3H3,(H4,9,10,12). The minimum atomic E-state index is -0.171. The average molecular weight is 188 g/mol. The van der Waals surface area contributed by atoms with E-state index in [1.54, 1.807) is 0 Å². The lowest BCUT2D eigenvalue weighted by Gasteiger charge is -2.18. The van der Waals surface area contributed by atoms with E-state index in [-0.39, 0.29) is 11.4 Å². The van der Waals surface area contributed by atoms with Crippen LogP contribution in [-0.4, -0.2) is 25.7 Å². The number of rotatable bonds is 5. The fourth-order valence-electron chi connectivity index (χ4n) is 0.715. The van der Waals surface area contributed by atoms with Crippen LogP contribution >= 0.6 is 0 Å². The Hall–Kier alpha value is -0.810. The van der Waals surface area contributed by atoms with Crippen LogP contribution in [0.1, 0.15) is 20.8 Å². The lowest BCUT2D eigenvalue weighted by molar-refractivity contribution is 0.0844. The fourth-order valence-corrected chi connectivity index (χ4v) is 0.715. The lowest BCUT2D eigenvalue weighted by Crippen LogP contribution is -2.34. The highest BCUT2D eigenvalue weighted by atomic mass is 16.6. The molecule has 0 aliphatic carbocycles. The Kier molecular flexibility index (Phi) is 5.41. The van der Waals surface area contributed by atoms with Crippen molar-refractivity contribution in [1.82, 2.24) is 10.8 Å². The van der Waals surface area contributed by atoms with Gasteiger partial charge in [-0.05, 0) is 5.41 Å². The highest BCUT2D eigenvalue weighted by molar-refractivity contribution is 5.72. The molecule has 0 aliphatic rings. The molecule has 0 aliphatic heterocycles. The van der Waals surface area contributed by atoms with E-state index in [1.165, 1.54) is 0 Å². The molecule has 0 fully saturated rings. The highest BCUT2D eigenvalue weighted by Gasteiger charge is 2.07. The number of nitrogens with one attached hydrogen (secondary N) is 3. The Labute approximate surface area is 79.5 Å². The van der Waals surface area contributed by atoms with Crippen molar-refractivity contribution in [3.8, 4) is 0 Å².